The number of likely N-dealkylation sites (tertiary alicyclic amines) is 1. The molecule has 0 aromatic heterocycles. The van der Waals surface area contributed by atoms with Gasteiger partial charge in [0.1, 0.15) is 0 Å². The molecule has 2 unspecified atom stereocenters. The van der Waals surface area contributed by atoms with Gasteiger partial charge in [-0.2, -0.15) is 0 Å². The summed E-state index contributed by atoms with van der Waals surface area (Å²) < 4.78 is 0. The standard InChI is InChI=1S/C14H18ClN3O2.ClH/c15-14-5-13(18(19)20)2-1-11(14)8-17-4-3-10-6-16-7-12(10)9-17;/h1-2,5,10,12,16H,3-4,6-9H2;1H. The van der Waals surface area contributed by atoms with Crippen molar-refractivity contribution in [2.75, 3.05) is 26.2 Å². The highest BCUT2D eigenvalue weighted by molar-refractivity contribution is 6.31. The Morgan fingerprint density at radius 1 is 1.38 bits per heavy atom. The molecule has 0 radical (unpaired) electrons. The highest BCUT2D eigenvalue weighted by Crippen LogP contribution is 2.29. The number of nitrogens with one attached hydrogen (secondary N) is 1. The molecule has 7 heteroatoms. The van der Waals surface area contributed by atoms with Crippen molar-refractivity contribution in [3.05, 3.63) is 38.9 Å². The molecule has 1 aromatic carbocycles. The minimum Gasteiger partial charge on any atom is -0.316 e. The van der Waals surface area contributed by atoms with Crippen LogP contribution in [0, 0.1) is 22.0 Å². The van der Waals surface area contributed by atoms with E-state index in [1.165, 1.54) is 18.6 Å². The predicted octanol–water partition coefficient (Wildman–Crippen LogP) is 2.71. The topological polar surface area (TPSA) is 58.4 Å². The van der Waals surface area contributed by atoms with Gasteiger partial charge in [-0.15, -0.1) is 12.4 Å². The van der Waals surface area contributed by atoms with E-state index in [1.54, 1.807) is 6.07 Å². The molecule has 2 aliphatic rings. The molecule has 2 atom stereocenters. The number of rotatable bonds is 3. The van der Waals surface area contributed by atoms with E-state index in [4.69, 9.17) is 11.6 Å². The van der Waals surface area contributed by atoms with Crippen molar-refractivity contribution in [2.45, 2.75) is 13.0 Å². The maximum Gasteiger partial charge on any atom is 0.270 e. The minimum atomic E-state index is -0.411. The summed E-state index contributed by atoms with van der Waals surface area (Å²) in [5, 5.41) is 14.7. The average Bonchev–Trinajstić information content (AvgIpc) is 2.88. The number of nitrogens with zero attached hydrogens (tertiary/aromatic N) is 2. The van der Waals surface area contributed by atoms with E-state index in [2.05, 4.69) is 10.2 Å². The van der Waals surface area contributed by atoms with Crippen molar-refractivity contribution < 1.29 is 4.92 Å². The Morgan fingerprint density at radius 2 is 2.14 bits per heavy atom. The van der Waals surface area contributed by atoms with E-state index in [1.807, 2.05) is 0 Å². The number of hydrogen-bond donors (Lipinski definition) is 1. The fourth-order valence-corrected chi connectivity index (χ4v) is 3.51. The van der Waals surface area contributed by atoms with Crippen LogP contribution in [-0.4, -0.2) is 36.0 Å². The molecule has 5 nitrogen and oxygen atoms in total. The van der Waals surface area contributed by atoms with Gasteiger partial charge in [0.15, 0.2) is 0 Å². The summed E-state index contributed by atoms with van der Waals surface area (Å²) in [6, 6.07) is 4.76. The summed E-state index contributed by atoms with van der Waals surface area (Å²) in [4.78, 5) is 12.7. The molecule has 0 aliphatic carbocycles. The molecule has 2 aliphatic heterocycles. The largest absolute Gasteiger partial charge is 0.316 e. The molecule has 1 aromatic rings. The van der Waals surface area contributed by atoms with Crippen LogP contribution in [0.2, 0.25) is 5.02 Å². The van der Waals surface area contributed by atoms with Gasteiger partial charge in [-0.3, -0.25) is 15.0 Å². The SMILES string of the molecule is Cl.O=[N+]([O-])c1ccc(CN2CCC3CNCC3C2)c(Cl)c1. The second-order valence-electron chi connectivity index (χ2n) is 5.74. The van der Waals surface area contributed by atoms with Gasteiger partial charge in [0.25, 0.3) is 5.69 Å². The van der Waals surface area contributed by atoms with Crippen molar-refractivity contribution in [3.8, 4) is 0 Å². The van der Waals surface area contributed by atoms with Crippen molar-refractivity contribution in [2.24, 2.45) is 11.8 Å². The summed E-state index contributed by atoms with van der Waals surface area (Å²) in [5.41, 5.74) is 1.03. The summed E-state index contributed by atoms with van der Waals surface area (Å²) in [7, 11) is 0. The van der Waals surface area contributed by atoms with Gasteiger partial charge in [0, 0.05) is 25.2 Å². The second-order valence-corrected chi connectivity index (χ2v) is 6.14. The normalized spacial score (nSPS) is 25.2. The number of nitro groups is 1. The lowest BCUT2D eigenvalue weighted by atomic mass is 9.88. The zero-order valence-electron chi connectivity index (χ0n) is 11.6. The average molecular weight is 332 g/mol. The molecule has 2 heterocycles. The molecule has 0 bridgehead atoms. The van der Waals surface area contributed by atoms with Crippen LogP contribution in [0.4, 0.5) is 5.69 Å². The van der Waals surface area contributed by atoms with Crippen molar-refractivity contribution in [1.29, 1.82) is 0 Å². The van der Waals surface area contributed by atoms with Gasteiger partial charge >= 0.3 is 0 Å². The van der Waals surface area contributed by atoms with Crippen molar-refractivity contribution >= 4 is 29.7 Å². The molecule has 0 saturated carbocycles. The number of benzene rings is 1. The van der Waals surface area contributed by atoms with Crippen LogP contribution in [0.5, 0.6) is 0 Å². The van der Waals surface area contributed by atoms with E-state index < -0.39 is 4.92 Å². The zero-order chi connectivity index (χ0) is 14.1. The Morgan fingerprint density at radius 3 is 2.86 bits per heavy atom. The molecule has 2 saturated heterocycles. The highest BCUT2D eigenvalue weighted by Gasteiger charge is 2.32. The monoisotopic (exact) mass is 331 g/mol. The Kier molecular flexibility index (Phi) is 5.43. The van der Waals surface area contributed by atoms with Crippen LogP contribution >= 0.6 is 24.0 Å². The maximum atomic E-state index is 10.7. The first-order valence-corrected chi connectivity index (χ1v) is 7.37. The van der Waals surface area contributed by atoms with Gasteiger partial charge in [-0.25, -0.2) is 0 Å². The van der Waals surface area contributed by atoms with E-state index >= 15 is 0 Å². The molecule has 0 spiro atoms. The number of non-ortho nitro benzene ring substituents is 1. The van der Waals surface area contributed by atoms with Crippen molar-refractivity contribution in [3.63, 3.8) is 0 Å². The Hall–Kier alpha value is -0.880. The lowest BCUT2D eigenvalue weighted by Gasteiger charge is -2.34. The van der Waals surface area contributed by atoms with Crippen LogP contribution in [0.1, 0.15) is 12.0 Å². The first-order valence-electron chi connectivity index (χ1n) is 6.99. The van der Waals surface area contributed by atoms with Crippen LogP contribution in [0.25, 0.3) is 0 Å². The smallest absolute Gasteiger partial charge is 0.270 e. The molecule has 0 amide bonds. The number of nitro benzene ring substituents is 1. The number of piperidine rings is 1. The van der Waals surface area contributed by atoms with E-state index in [9.17, 15) is 10.1 Å². The molecule has 1 N–H and O–H groups in total. The number of hydrogen-bond acceptors (Lipinski definition) is 4. The maximum absolute atomic E-state index is 10.7. The van der Waals surface area contributed by atoms with Crippen LogP contribution in [0.3, 0.4) is 0 Å². The fourth-order valence-electron chi connectivity index (χ4n) is 3.27. The third kappa shape index (κ3) is 3.66. The molecule has 2 fully saturated rings. The summed E-state index contributed by atoms with van der Waals surface area (Å²) >= 11 is 6.16. The molecule has 21 heavy (non-hydrogen) atoms. The van der Waals surface area contributed by atoms with Gasteiger partial charge < -0.3 is 5.32 Å². The van der Waals surface area contributed by atoms with Gasteiger partial charge in [-0.05, 0) is 49.5 Å². The van der Waals surface area contributed by atoms with Crippen LogP contribution in [-0.2, 0) is 6.54 Å². The first kappa shape index (κ1) is 16.5. The van der Waals surface area contributed by atoms with Gasteiger partial charge in [-0.1, -0.05) is 11.6 Å². The summed E-state index contributed by atoms with van der Waals surface area (Å²) in [5.74, 6) is 1.55. The Labute approximate surface area is 135 Å². The number of fused-ring (bicyclic) bond motifs is 1. The summed E-state index contributed by atoms with van der Waals surface area (Å²) in [6.07, 6.45) is 1.22. The fraction of sp³-hybridized carbons (Fsp3) is 0.571. The lowest BCUT2D eigenvalue weighted by Crippen LogP contribution is -2.39. The van der Waals surface area contributed by atoms with Crippen LogP contribution in [0.15, 0.2) is 18.2 Å². The first-order chi connectivity index (χ1) is 9.63. The lowest BCUT2D eigenvalue weighted by molar-refractivity contribution is -0.384. The minimum absolute atomic E-state index is 0. The van der Waals surface area contributed by atoms with E-state index in [0.717, 1.165) is 50.1 Å². The second kappa shape index (κ2) is 6.92. The van der Waals surface area contributed by atoms with Crippen molar-refractivity contribution in [1.82, 2.24) is 10.2 Å². The van der Waals surface area contributed by atoms with E-state index in [0.29, 0.717) is 5.02 Å². The summed E-state index contributed by atoms with van der Waals surface area (Å²) in [6.45, 7) is 5.20. The Bertz CT molecular complexity index is 527. The molecule has 116 valence electrons. The number of halogens is 2. The van der Waals surface area contributed by atoms with E-state index in [-0.39, 0.29) is 18.1 Å². The molecular weight excluding hydrogens is 313 g/mol. The third-order valence-corrected chi connectivity index (χ3v) is 4.78. The van der Waals surface area contributed by atoms with Gasteiger partial charge in [0.05, 0.1) is 9.95 Å². The Balaban J connectivity index is 0.00000161. The quantitative estimate of drug-likeness (QED) is 0.683. The third-order valence-electron chi connectivity index (χ3n) is 4.43. The zero-order valence-corrected chi connectivity index (χ0v) is 13.2. The molecular formula is C14H19Cl2N3O2. The van der Waals surface area contributed by atoms with Crippen LogP contribution < -0.4 is 5.32 Å². The highest BCUT2D eigenvalue weighted by atomic mass is 35.5. The van der Waals surface area contributed by atoms with Gasteiger partial charge in [0.2, 0.25) is 0 Å². The molecule has 3 rings (SSSR count). The predicted molar refractivity (Wildman–Crippen MR) is 85.1 cm³/mol.